The number of nitrogens with two attached hydrogens (primary N) is 1. The largest absolute Gasteiger partial charge is 0.382 e. The van der Waals surface area contributed by atoms with E-state index in [1.165, 1.54) is 11.5 Å². The highest BCUT2D eigenvalue weighted by Gasteiger charge is 2.19. The zero-order valence-corrected chi connectivity index (χ0v) is 11.3. The summed E-state index contributed by atoms with van der Waals surface area (Å²) in [5, 5.41) is 4.49. The van der Waals surface area contributed by atoms with Gasteiger partial charge < -0.3 is 15.8 Å². The molecule has 0 aliphatic carbocycles. The topological polar surface area (TPSA) is 73.1 Å². The van der Waals surface area contributed by atoms with E-state index in [9.17, 15) is 0 Å². The van der Waals surface area contributed by atoms with Crippen LogP contribution in [0.3, 0.4) is 0 Å². The maximum atomic E-state index is 5.98. The third-order valence-corrected chi connectivity index (χ3v) is 3.96. The molecule has 1 unspecified atom stereocenters. The standard InChI is InChI=1S/C13H16N4OS/c14-12-11(9-3-1-5-15-7-9)13(19-17-12)16-10-4-2-6-18-8-10/h1,3,5,7,10,16H,2,4,6,8H2,(H2,14,17). The zero-order chi connectivity index (χ0) is 13.1. The maximum absolute atomic E-state index is 5.98. The number of pyridine rings is 1. The third-order valence-electron chi connectivity index (χ3n) is 3.16. The van der Waals surface area contributed by atoms with Gasteiger partial charge in [-0.25, -0.2) is 0 Å². The molecule has 0 saturated carbocycles. The quantitative estimate of drug-likeness (QED) is 0.900. The molecule has 1 aliphatic rings. The molecule has 0 amide bonds. The Kier molecular flexibility index (Phi) is 3.61. The smallest absolute Gasteiger partial charge is 0.147 e. The number of nitrogens with one attached hydrogen (secondary N) is 1. The molecule has 0 bridgehead atoms. The fourth-order valence-electron chi connectivity index (χ4n) is 2.23. The molecule has 1 saturated heterocycles. The van der Waals surface area contributed by atoms with Crippen molar-refractivity contribution in [3.63, 3.8) is 0 Å². The Balaban J connectivity index is 1.86. The van der Waals surface area contributed by atoms with Crippen LogP contribution in [0.4, 0.5) is 10.8 Å². The zero-order valence-electron chi connectivity index (χ0n) is 10.5. The van der Waals surface area contributed by atoms with E-state index in [4.69, 9.17) is 10.5 Å². The van der Waals surface area contributed by atoms with Gasteiger partial charge in [0, 0.05) is 24.6 Å². The molecule has 3 N–H and O–H groups in total. The fraction of sp³-hybridized carbons (Fsp3) is 0.385. The van der Waals surface area contributed by atoms with Crippen LogP contribution in [0.15, 0.2) is 24.5 Å². The van der Waals surface area contributed by atoms with Crippen molar-refractivity contribution in [1.82, 2.24) is 9.36 Å². The lowest BCUT2D eigenvalue weighted by Gasteiger charge is -2.23. The number of nitrogens with zero attached hydrogens (tertiary/aromatic N) is 2. The van der Waals surface area contributed by atoms with Crippen molar-refractivity contribution in [1.29, 1.82) is 0 Å². The second-order valence-corrected chi connectivity index (χ2v) is 5.35. The Labute approximate surface area is 116 Å². The number of hydrogen-bond acceptors (Lipinski definition) is 6. The number of anilines is 2. The minimum atomic E-state index is 0.337. The molecule has 2 aromatic heterocycles. The van der Waals surface area contributed by atoms with Crippen LogP contribution >= 0.6 is 11.5 Å². The number of nitrogen functional groups attached to an aromatic ring is 1. The molecule has 3 heterocycles. The van der Waals surface area contributed by atoms with Gasteiger partial charge in [-0.15, -0.1) is 0 Å². The summed E-state index contributed by atoms with van der Waals surface area (Å²) in [6.45, 7) is 1.60. The highest BCUT2D eigenvalue weighted by atomic mass is 32.1. The molecule has 0 radical (unpaired) electrons. The summed E-state index contributed by atoms with van der Waals surface area (Å²) in [6, 6.07) is 4.24. The molecule has 0 spiro atoms. The molecular formula is C13H16N4OS. The van der Waals surface area contributed by atoms with Crippen molar-refractivity contribution in [3.05, 3.63) is 24.5 Å². The lowest BCUT2D eigenvalue weighted by atomic mass is 10.1. The summed E-state index contributed by atoms with van der Waals surface area (Å²) >= 11 is 1.40. The predicted molar refractivity (Wildman–Crippen MR) is 77.2 cm³/mol. The summed E-state index contributed by atoms with van der Waals surface area (Å²) in [5.41, 5.74) is 7.92. The van der Waals surface area contributed by atoms with Crippen molar-refractivity contribution >= 4 is 22.4 Å². The van der Waals surface area contributed by atoms with Crippen LogP contribution in [0.1, 0.15) is 12.8 Å². The molecular weight excluding hydrogens is 260 g/mol. The van der Waals surface area contributed by atoms with Crippen LogP contribution in [0.5, 0.6) is 0 Å². The van der Waals surface area contributed by atoms with E-state index in [-0.39, 0.29) is 0 Å². The summed E-state index contributed by atoms with van der Waals surface area (Å²) in [7, 11) is 0. The average Bonchev–Trinajstić information content (AvgIpc) is 2.82. The molecule has 0 aromatic carbocycles. The van der Waals surface area contributed by atoms with Crippen LogP contribution in [0.2, 0.25) is 0 Å². The Morgan fingerprint density at radius 2 is 2.42 bits per heavy atom. The molecule has 3 rings (SSSR count). The second kappa shape index (κ2) is 5.54. The van der Waals surface area contributed by atoms with Crippen molar-refractivity contribution in [3.8, 4) is 11.1 Å². The molecule has 19 heavy (non-hydrogen) atoms. The Morgan fingerprint density at radius 1 is 1.47 bits per heavy atom. The van der Waals surface area contributed by atoms with Crippen molar-refractivity contribution < 1.29 is 4.74 Å². The summed E-state index contributed by atoms with van der Waals surface area (Å²) < 4.78 is 9.73. The van der Waals surface area contributed by atoms with Crippen LogP contribution < -0.4 is 11.1 Å². The monoisotopic (exact) mass is 276 g/mol. The molecule has 5 nitrogen and oxygen atoms in total. The Morgan fingerprint density at radius 3 is 3.16 bits per heavy atom. The fourth-order valence-corrected chi connectivity index (χ4v) is 3.04. The minimum Gasteiger partial charge on any atom is -0.382 e. The first kappa shape index (κ1) is 12.4. The van der Waals surface area contributed by atoms with Crippen molar-refractivity contribution in [2.24, 2.45) is 0 Å². The molecule has 100 valence electrons. The van der Waals surface area contributed by atoms with Gasteiger partial charge in [0.2, 0.25) is 0 Å². The van der Waals surface area contributed by atoms with Crippen LogP contribution in [0.25, 0.3) is 11.1 Å². The van der Waals surface area contributed by atoms with Gasteiger partial charge in [0.15, 0.2) is 0 Å². The van der Waals surface area contributed by atoms with E-state index in [2.05, 4.69) is 14.7 Å². The third kappa shape index (κ3) is 2.69. The summed E-state index contributed by atoms with van der Waals surface area (Å²) in [4.78, 5) is 4.14. The maximum Gasteiger partial charge on any atom is 0.147 e. The Bertz CT molecular complexity index is 537. The predicted octanol–water partition coefficient (Wildman–Crippen LogP) is 2.38. The van der Waals surface area contributed by atoms with Gasteiger partial charge in [-0.3, -0.25) is 4.98 Å². The van der Waals surface area contributed by atoms with Crippen LogP contribution in [-0.4, -0.2) is 28.6 Å². The molecule has 2 aromatic rings. The first-order chi connectivity index (χ1) is 9.34. The Hall–Kier alpha value is -1.66. The van der Waals surface area contributed by atoms with Gasteiger partial charge in [0.25, 0.3) is 0 Å². The van der Waals surface area contributed by atoms with Gasteiger partial charge in [-0.05, 0) is 30.4 Å². The normalized spacial score (nSPS) is 19.3. The molecule has 1 aliphatic heterocycles. The summed E-state index contributed by atoms with van der Waals surface area (Å²) in [6.07, 6.45) is 5.77. The molecule has 1 fully saturated rings. The van der Waals surface area contributed by atoms with Gasteiger partial charge in [-0.1, -0.05) is 6.07 Å². The van der Waals surface area contributed by atoms with E-state index < -0.39 is 0 Å². The van der Waals surface area contributed by atoms with Gasteiger partial charge in [0.05, 0.1) is 18.2 Å². The lowest BCUT2D eigenvalue weighted by molar-refractivity contribution is 0.0877. The highest BCUT2D eigenvalue weighted by Crippen LogP contribution is 2.37. The van der Waals surface area contributed by atoms with Gasteiger partial charge in [-0.2, -0.15) is 4.37 Å². The van der Waals surface area contributed by atoms with E-state index in [0.717, 1.165) is 42.2 Å². The van der Waals surface area contributed by atoms with E-state index >= 15 is 0 Å². The van der Waals surface area contributed by atoms with E-state index in [0.29, 0.717) is 11.9 Å². The van der Waals surface area contributed by atoms with Crippen molar-refractivity contribution in [2.75, 3.05) is 24.3 Å². The summed E-state index contributed by atoms with van der Waals surface area (Å²) in [5.74, 6) is 0.553. The average molecular weight is 276 g/mol. The van der Waals surface area contributed by atoms with Crippen molar-refractivity contribution in [2.45, 2.75) is 18.9 Å². The minimum absolute atomic E-state index is 0.337. The highest BCUT2D eigenvalue weighted by molar-refractivity contribution is 7.11. The number of rotatable bonds is 3. The van der Waals surface area contributed by atoms with E-state index in [1.807, 2.05) is 18.3 Å². The molecule has 1 atom stereocenters. The van der Waals surface area contributed by atoms with Crippen LogP contribution in [-0.2, 0) is 4.74 Å². The van der Waals surface area contributed by atoms with Crippen LogP contribution in [0, 0.1) is 0 Å². The molecule has 6 heteroatoms. The SMILES string of the molecule is Nc1nsc(NC2CCCOC2)c1-c1cccnc1. The lowest BCUT2D eigenvalue weighted by Crippen LogP contribution is -2.29. The number of aromatic nitrogens is 2. The number of hydrogen-bond donors (Lipinski definition) is 2. The van der Waals surface area contributed by atoms with Gasteiger partial charge >= 0.3 is 0 Å². The van der Waals surface area contributed by atoms with Gasteiger partial charge in [0.1, 0.15) is 10.8 Å². The first-order valence-corrected chi connectivity index (χ1v) is 7.12. The van der Waals surface area contributed by atoms with E-state index in [1.54, 1.807) is 6.20 Å². The number of ether oxygens (including phenoxy) is 1. The first-order valence-electron chi connectivity index (χ1n) is 6.34. The second-order valence-electron chi connectivity index (χ2n) is 4.57.